The van der Waals surface area contributed by atoms with Gasteiger partial charge in [0.15, 0.2) is 0 Å². The van der Waals surface area contributed by atoms with Gasteiger partial charge >= 0.3 is 17.9 Å². The largest absolute Gasteiger partial charge is 0.489 e. The molecule has 6 aromatic carbocycles. The van der Waals surface area contributed by atoms with Crippen LogP contribution in [0, 0.1) is 0 Å². The van der Waals surface area contributed by atoms with Crippen LogP contribution in [0.2, 0.25) is 0 Å². The third-order valence-corrected chi connectivity index (χ3v) is 7.97. The van der Waals surface area contributed by atoms with Gasteiger partial charge in [-0.2, -0.15) is 0 Å². The summed E-state index contributed by atoms with van der Waals surface area (Å²) in [5, 5.41) is 0. The Morgan fingerprint density at radius 3 is 1.28 bits per heavy atom. The summed E-state index contributed by atoms with van der Waals surface area (Å²) in [5.41, 5.74) is 6.40. The van der Waals surface area contributed by atoms with Gasteiger partial charge in [0, 0.05) is 18.2 Å². The minimum Gasteiger partial charge on any atom is -0.489 e. The summed E-state index contributed by atoms with van der Waals surface area (Å²) >= 11 is 0. The highest BCUT2D eigenvalue weighted by atomic mass is 16.5. The number of para-hydroxylation sites is 1. The smallest absolute Gasteiger partial charge is 0.330 e. The van der Waals surface area contributed by atoms with E-state index in [2.05, 4.69) is 44.0 Å². The van der Waals surface area contributed by atoms with Crippen LogP contribution in [-0.4, -0.2) is 17.9 Å². The van der Waals surface area contributed by atoms with Gasteiger partial charge in [-0.15, -0.1) is 0 Å². The van der Waals surface area contributed by atoms with Crippen molar-refractivity contribution in [2.75, 3.05) is 0 Å². The van der Waals surface area contributed by atoms with Gasteiger partial charge in [0.25, 0.3) is 0 Å². The van der Waals surface area contributed by atoms with E-state index < -0.39 is 17.9 Å². The molecule has 0 aliphatic carbocycles. The molecule has 8 heteroatoms. The predicted molar refractivity (Wildman–Crippen MR) is 226 cm³/mol. The molecule has 0 radical (unpaired) electrons. The molecule has 0 heterocycles. The Morgan fingerprint density at radius 1 is 0.379 bits per heavy atom. The molecule has 6 aromatic rings. The molecule has 6 rings (SSSR count). The SMILES string of the molecule is C=CC(=O)OCc1ccc(Cc2ccccc2)cc1.C=CC(=O)OCc1ccc(OCc2ccccc2)cc1.C=CC(=O)OCc1cccc(Oc2ccccc2)c1. The second-order valence-electron chi connectivity index (χ2n) is 12.4. The Balaban J connectivity index is 0.000000193. The number of carbonyl (C=O) groups is 3. The third-order valence-electron chi connectivity index (χ3n) is 7.97. The lowest BCUT2D eigenvalue weighted by Crippen LogP contribution is -2.00. The molecule has 8 nitrogen and oxygen atoms in total. The maximum atomic E-state index is 11.0. The lowest BCUT2D eigenvalue weighted by molar-refractivity contribution is -0.139. The van der Waals surface area contributed by atoms with Gasteiger partial charge in [-0.3, -0.25) is 0 Å². The summed E-state index contributed by atoms with van der Waals surface area (Å²) in [4.78, 5) is 32.9. The molecule has 0 bridgehead atoms. The summed E-state index contributed by atoms with van der Waals surface area (Å²) < 4.78 is 26.3. The van der Waals surface area contributed by atoms with Gasteiger partial charge in [0.2, 0.25) is 0 Å². The van der Waals surface area contributed by atoms with Crippen LogP contribution in [0.15, 0.2) is 202 Å². The Labute approximate surface area is 340 Å². The molecule has 0 spiro atoms. The fraction of sp³-hybridized carbons (Fsp3) is 0.100. The number of hydrogen-bond acceptors (Lipinski definition) is 8. The summed E-state index contributed by atoms with van der Waals surface area (Å²) in [5.74, 6) is 1.01. The first-order valence-electron chi connectivity index (χ1n) is 18.4. The van der Waals surface area contributed by atoms with Crippen LogP contribution >= 0.6 is 0 Å². The third kappa shape index (κ3) is 16.9. The van der Waals surface area contributed by atoms with Gasteiger partial charge in [0.1, 0.15) is 43.7 Å². The van der Waals surface area contributed by atoms with Crippen molar-refractivity contribution in [2.45, 2.75) is 32.8 Å². The van der Waals surface area contributed by atoms with E-state index in [4.69, 9.17) is 23.7 Å². The molecular formula is C50H46O8. The molecule has 0 saturated heterocycles. The summed E-state index contributed by atoms with van der Waals surface area (Å²) in [6.07, 6.45) is 4.37. The normalized spacial score (nSPS) is 9.79. The van der Waals surface area contributed by atoms with Gasteiger partial charge in [-0.1, -0.05) is 147 Å². The average molecular weight is 775 g/mol. The highest BCUT2D eigenvalue weighted by Crippen LogP contribution is 2.22. The number of ether oxygens (including phenoxy) is 5. The zero-order valence-corrected chi connectivity index (χ0v) is 32.2. The second kappa shape index (κ2) is 24.9. The van der Waals surface area contributed by atoms with Crippen LogP contribution in [-0.2, 0) is 61.4 Å². The minimum atomic E-state index is -0.436. The van der Waals surface area contributed by atoms with E-state index in [-0.39, 0.29) is 19.8 Å². The maximum absolute atomic E-state index is 11.0. The number of carbonyl (C=O) groups excluding carboxylic acids is 3. The molecule has 0 N–H and O–H groups in total. The Kier molecular flexibility index (Phi) is 18.5. The van der Waals surface area contributed by atoms with Crippen LogP contribution in [0.3, 0.4) is 0 Å². The van der Waals surface area contributed by atoms with Gasteiger partial charge in [-0.05, 0) is 76.2 Å². The average Bonchev–Trinajstić information content (AvgIpc) is 3.28. The zero-order chi connectivity index (χ0) is 41.2. The van der Waals surface area contributed by atoms with Crippen molar-refractivity contribution in [3.05, 3.63) is 235 Å². The summed E-state index contributed by atoms with van der Waals surface area (Å²) in [6, 6.07) is 52.8. The summed E-state index contributed by atoms with van der Waals surface area (Å²) in [7, 11) is 0. The van der Waals surface area contributed by atoms with E-state index in [0.29, 0.717) is 12.4 Å². The van der Waals surface area contributed by atoms with E-state index in [1.165, 1.54) is 17.2 Å². The highest BCUT2D eigenvalue weighted by molar-refractivity contribution is 5.81. The topological polar surface area (TPSA) is 97.4 Å². The molecule has 0 saturated carbocycles. The van der Waals surface area contributed by atoms with Crippen LogP contribution in [0.25, 0.3) is 0 Å². The number of rotatable bonds is 16. The fourth-order valence-electron chi connectivity index (χ4n) is 4.97. The van der Waals surface area contributed by atoms with Crippen LogP contribution in [0.4, 0.5) is 0 Å². The van der Waals surface area contributed by atoms with E-state index in [1.54, 1.807) is 0 Å². The first kappa shape index (κ1) is 43.3. The van der Waals surface area contributed by atoms with Crippen molar-refractivity contribution in [3.63, 3.8) is 0 Å². The molecule has 294 valence electrons. The van der Waals surface area contributed by atoms with Crippen molar-refractivity contribution in [1.82, 2.24) is 0 Å². The van der Waals surface area contributed by atoms with Crippen molar-refractivity contribution in [1.29, 1.82) is 0 Å². The van der Waals surface area contributed by atoms with Crippen molar-refractivity contribution in [2.24, 2.45) is 0 Å². The van der Waals surface area contributed by atoms with Gasteiger partial charge < -0.3 is 23.7 Å². The summed E-state index contributed by atoms with van der Waals surface area (Å²) in [6.45, 7) is 11.3. The highest BCUT2D eigenvalue weighted by Gasteiger charge is 2.03. The van der Waals surface area contributed by atoms with E-state index >= 15 is 0 Å². The molecular weight excluding hydrogens is 729 g/mol. The van der Waals surface area contributed by atoms with Crippen molar-refractivity contribution >= 4 is 17.9 Å². The van der Waals surface area contributed by atoms with Crippen molar-refractivity contribution in [3.8, 4) is 17.2 Å². The molecule has 58 heavy (non-hydrogen) atoms. The molecule has 0 atom stereocenters. The molecule has 0 aromatic heterocycles. The zero-order valence-electron chi connectivity index (χ0n) is 32.2. The number of hydrogen-bond donors (Lipinski definition) is 0. The Hall–Kier alpha value is -7.45. The molecule has 0 fully saturated rings. The van der Waals surface area contributed by atoms with Crippen LogP contribution in [0.5, 0.6) is 17.2 Å². The van der Waals surface area contributed by atoms with E-state index in [9.17, 15) is 14.4 Å². The van der Waals surface area contributed by atoms with Crippen LogP contribution in [0.1, 0.15) is 33.4 Å². The molecule has 0 aliphatic rings. The first-order chi connectivity index (χ1) is 28.3. The van der Waals surface area contributed by atoms with Crippen LogP contribution < -0.4 is 9.47 Å². The van der Waals surface area contributed by atoms with E-state index in [0.717, 1.165) is 52.3 Å². The second-order valence-corrected chi connectivity index (χ2v) is 12.4. The Bertz CT molecular complexity index is 2160. The Morgan fingerprint density at radius 2 is 0.759 bits per heavy atom. The number of benzene rings is 6. The molecule has 0 aliphatic heterocycles. The number of esters is 3. The maximum Gasteiger partial charge on any atom is 0.330 e. The first-order valence-corrected chi connectivity index (χ1v) is 18.4. The van der Waals surface area contributed by atoms with Gasteiger partial charge in [0.05, 0.1) is 0 Å². The lowest BCUT2D eigenvalue weighted by Gasteiger charge is -2.07. The molecule has 0 amide bonds. The minimum absolute atomic E-state index is 0.205. The quantitative estimate of drug-likeness (QED) is 0.0545. The standard InChI is InChI=1S/C17H16O3.C17H16O2.C16H14O3/c1-2-17(18)20-13-15-8-10-16(11-9-15)19-12-14-6-4-3-5-7-14;1-2-17(18)19-13-16-10-8-15(9-11-16)12-14-6-4-3-5-7-14;1-2-16(17)18-12-13-7-6-10-15(11-13)19-14-8-4-3-5-9-14/h2-11H,1,12-13H2;2-11H,1,12-13H2;2-11H,1,12H2. The predicted octanol–water partition coefficient (Wildman–Crippen LogP) is 10.7. The van der Waals surface area contributed by atoms with Crippen molar-refractivity contribution < 1.29 is 38.1 Å². The fourth-order valence-corrected chi connectivity index (χ4v) is 4.97. The lowest BCUT2D eigenvalue weighted by atomic mass is 10.0. The molecule has 0 unspecified atom stereocenters. The van der Waals surface area contributed by atoms with Gasteiger partial charge in [-0.25, -0.2) is 14.4 Å². The van der Waals surface area contributed by atoms with E-state index in [1.807, 2.05) is 140 Å². The monoisotopic (exact) mass is 774 g/mol.